The fraction of sp³-hybridized carbons (Fsp3) is 0.308. The van der Waals surface area contributed by atoms with E-state index >= 15 is 0 Å². The summed E-state index contributed by atoms with van der Waals surface area (Å²) in [4.78, 5) is 13.3. The summed E-state index contributed by atoms with van der Waals surface area (Å²) in [5.41, 5.74) is 2.95. The van der Waals surface area contributed by atoms with Gasteiger partial charge in [-0.3, -0.25) is 0 Å². The van der Waals surface area contributed by atoms with E-state index in [0.29, 0.717) is 13.0 Å². The lowest BCUT2D eigenvalue weighted by Gasteiger charge is -2.11. The number of nitrogens with zero attached hydrogens (tertiary/aromatic N) is 1. The molecule has 1 heterocycles. The molecule has 1 aliphatic heterocycles. The van der Waals surface area contributed by atoms with Gasteiger partial charge in [-0.15, -0.1) is 0 Å². The molecular formula is C13H15NO2. The van der Waals surface area contributed by atoms with Crippen molar-refractivity contribution in [1.82, 2.24) is 0 Å². The lowest BCUT2D eigenvalue weighted by atomic mass is 10.1. The van der Waals surface area contributed by atoms with Gasteiger partial charge in [-0.2, -0.15) is 0 Å². The molecule has 3 heteroatoms. The summed E-state index contributed by atoms with van der Waals surface area (Å²) >= 11 is 0. The first-order valence-electron chi connectivity index (χ1n) is 5.32. The third kappa shape index (κ3) is 2.24. The molecule has 84 valence electrons. The minimum absolute atomic E-state index is 0.184. The number of benzene rings is 1. The molecule has 0 radical (unpaired) electrons. The molecule has 0 saturated carbocycles. The normalized spacial score (nSPS) is 17.6. The number of carbonyl (C=O) groups is 1. The SMILES string of the molecule is CN(C)c1ccc(/C=C2/CCOC2=O)cc1. The standard InChI is InChI=1S/C13H15NO2/c1-14(2)12-5-3-10(4-6-12)9-11-7-8-16-13(11)15/h3-6,9H,7-8H2,1-2H3/b11-9-. The van der Waals surface area contributed by atoms with Crippen molar-refractivity contribution in [1.29, 1.82) is 0 Å². The lowest BCUT2D eigenvalue weighted by Crippen LogP contribution is -2.07. The Balaban J connectivity index is 2.19. The highest BCUT2D eigenvalue weighted by atomic mass is 16.5. The molecule has 0 bridgehead atoms. The molecule has 0 atom stereocenters. The third-order valence-corrected chi connectivity index (χ3v) is 2.62. The first-order chi connectivity index (χ1) is 7.66. The van der Waals surface area contributed by atoms with Crippen LogP contribution in [0.2, 0.25) is 0 Å². The van der Waals surface area contributed by atoms with Gasteiger partial charge in [0.05, 0.1) is 6.61 Å². The first kappa shape index (κ1) is 10.7. The van der Waals surface area contributed by atoms with Gasteiger partial charge in [-0.05, 0) is 23.8 Å². The minimum Gasteiger partial charge on any atom is -0.462 e. The molecule has 0 spiro atoms. The fourth-order valence-electron chi connectivity index (χ4n) is 1.65. The molecule has 0 unspecified atom stereocenters. The van der Waals surface area contributed by atoms with Crippen molar-refractivity contribution in [3.05, 3.63) is 35.4 Å². The van der Waals surface area contributed by atoms with E-state index in [9.17, 15) is 4.79 Å². The molecule has 2 rings (SSSR count). The van der Waals surface area contributed by atoms with Crippen LogP contribution in [0.4, 0.5) is 5.69 Å². The van der Waals surface area contributed by atoms with Crippen molar-refractivity contribution in [2.24, 2.45) is 0 Å². The van der Waals surface area contributed by atoms with Crippen LogP contribution in [0.15, 0.2) is 29.8 Å². The maximum atomic E-state index is 11.3. The van der Waals surface area contributed by atoms with Crippen LogP contribution < -0.4 is 4.90 Å². The summed E-state index contributed by atoms with van der Waals surface area (Å²) in [5, 5.41) is 0. The van der Waals surface area contributed by atoms with Gasteiger partial charge in [-0.1, -0.05) is 12.1 Å². The zero-order valence-corrected chi connectivity index (χ0v) is 9.56. The number of cyclic esters (lactones) is 1. The van der Waals surface area contributed by atoms with E-state index in [1.165, 1.54) is 0 Å². The van der Waals surface area contributed by atoms with Crippen LogP contribution in [0.25, 0.3) is 6.08 Å². The fourth-order valence-corrected chi connectivity index (χ4v) is 1.65. The van der Waals surface area contributed by atoms with Gasteiger partial charge in [0.1, 0.15) is 0 Å². The van der Waals surface area contributed by atoms with Crippen molar-refractivity contribution >= 4 is 17.7 Å². The second kappa shape index (κ2) is 4.39. The predicted molar refractivity (Wildman–Crippen MR) is 64.3 cm³/mol. The van der Waals surface area contributed by atoms with Crippen LogP contribution in [0.3, 0.4) is 0 Å². The van der Waals surface area contributed by atoms with Crippen molar-refractivity contribution < 1.29 is 9.53 Å². The van der Waals surface area contributed by atoms with E-state index < -0.39 is 0 Å². The van der Waals surface area contributed by atoms with E-state index in [0.717, 1.165) is 16.8 Å². The topological polar surface area (TPSA) is 29.5 Å². The summed E-state index contributed by atoms with van der Waals surface area (Å²) in [7, 11) is 4.00. The summed E-state index contributed by atoms with van der Waals surface area (Å²) in [5.74, 6) is -0.184. The Hall–Kier alpha value is -1.77. The summed E-state index contributed by atoms with van der Waals surface area (Å²) < 4.78 is 4.88. The molecule has 1 aromatic rings. The Labute approximate surface area is 95.3 Å². The van der Waals surface area contributed by atoms with Crippen molar-refractivity contribution in [3.8, 4) is 0 Å². The molecule has 0 N–H and O–H groups in total. The zero-order chi connectivity index (χ0) is 11.5. The molecule has 16 heavy (non-hydrogen) atoms. The van der Waals surface area contributed by atoms with Crippen LogP contribution in [-0.4, -0.2) is 26.7 Å². The highest BCUT2D eigenvalue weighted by molar-refractivity contribution is 5.95. The predicted octanol–water partition coefficient (Wildman–Crippen LogP) is 2.08. The van der Waals surface area contributed by atoms with Crippen molar-refractivity contribution in [2.45, 2.75) is 6.42 Å². The Morgan fingerprint density at radius 2 is 1.94 bits per heavy atom. The highest BCUT2D eigenvalue weighted by Gasteiger charge is 2.17. The second-order valence-corrected chi connectivity index (χ2v) is 4.04. The van der Waals surface area contributed by atoms with E-state index in [4.69, 9.17) is 4.74 Å². The van der Waals surface area contributed by atoms with Crippen LogP contribution in [0, 0.1) is 0 Å². The lowest BCUT2D eigenvalue weighted by molar-refractivity contribution is -0.134. The smallest absolute Gasteiger partial charge is 0.334 e. The first-order valence-corrected chi connectivity index (χ1v) is 5.32. The Kier molecular flexibility index (Phi) is 2.95. The highest BCUT2D eigenvalue weighted by Crippen LogP contribution is 2.19. The molecule has 0 aliphatic carbocycles. The molecule has 1 saturated heterocycles. The minimum atomic E-state index is -0.184. The van der Waals surface area contributed by atoms with E-state index in [-0.39, 0.29) is 5.97 Å². The largest absolute Gasteiger partial charge is 0.462 e. The summed E-state index contributed by atoms with van der Waals surface area (Å²) in [6.07, 6.45) is 2.61. The maximum Gasteiger partial charge on any atom is 0.334 e. The summed E-state index contributed by atoms with van der Waals surface area (Å²) in [6.45, 7) is 0.514. The molecular weight excluding hydrogens is 202 g/mol. The Morgan fingerprint density at radius 3 is 2.44 bits per heavy atom. The average Bonchev–Trinajstić information content (AvgIpc) is 2.65. The average molecular weight is 217 g/mol. The number of anilines is 1. The van der Waals surface area contributed by atoms with Gasteiger partial charge in [0.25, 0.3) is 0 Å². The van der Waals surface area contributed by atoms with Crippen LogP contribution in [0.5, 0.6) is 0 Å². The number of rotatable bonds is 2. The van der Waals surface area contributed by atoms with Gasteiger partial charge in [0, 0.05) is 31.8 Å². The Morgan fingerprint density at radius 1 is 1.25 bits per heavy atom. The zero-order valence-electron chi connectivity index (χ0n) is 9.56. The van der Waals surface area contributed by atoms with Crippen LogP contribution in [0.1, 0.15) is 12.0 Å². The van der Waals surface area contributed by atoms with E-state index in [1.807, 2.05) is 49.3 Å². The molecule has 0 amide bonds. The maximum absolute atomic E-state index is 11.3. The van der Waals surface area contributed by atoms with Gasteiger partial charge < -0.3 is 9.64 Å². The number of esters is 1. The molecule has 3 nitrogen and oxygen atoms in total. The van der Waals surface area contributed by atoms with E-state index in [2.05, 4.69) is 0 Å². The second-order valence-electron chi connectivity index (χ2n) is 4.04. The monoisotopic (exact) mass is 217 g/mol. The van der Waals surface area contributed by atoms with E-state index in [1.54, 1.807) is 0 Å². The third-order valence-electron chi connectivity index (χ3n) is 2.62. The molecule has 1 aliphatic rings. The molecule has 0 aromatic heterocycles. The van der Waals surface area contributed by atoms with Gasteiger partial charge in [-0.25, -0.2) is 4.79 Å². The Bertz CT molecular complexity index is 418. The quantitative estimate of drug-likeness (QED) is 0.561. The number of hydrogen-bond donors (Lipinski definition) is 0. The van der Waals surface area contributed by atoms with Crippen molar-refractivity contribution in [3.63, 3.8) is 0 Å². The summed E-state index contributed by atoms with van der Waals surface area (Å²) in [6, 6.07) is 8.08. The number of hydrogen-bond acceptors (Lipinski definition) is 3. The molecule has 1 fully saturated rings. The van der Waals surface area contributed by atoms with Gasteiger partial charge in [0.15, 0.2) is 0 Å². The van der Waals surface area contributed by atoms with Gasteiger partial charge in [0.2, 0.25) is 0 Å². The van der Waals surface area contributed by atoms with Crippen molar-refractivity contribution in [2.75, 3.05) is 25.6 Å². The molecule has 1 aromatic carbocycles. The number of carbonyl (C=O) groups excluding carboxylic acids is 1. The van der Waals surface area contributed by atoms with Crippen LogP contribution in [-0.2, 0) is 9.53 Å². The van der Waals surface area contributed by atoms with Gasteiger partial charge >= 0.3 is 5.97 Å². The van der Waals surface area contributed by atoms with Crippen LogP contribution >= 0.6 is 0 Å². The number of ether oxygens (including phenoxy) is 1.